The normalized spacial score (nSPS) is 19.0. The van der Waals surface area contributed by atoms with Gasteiger partial charge < -0.3 is 10.2 Å². The zero-order valence-electron chi connectivity index (χ0n) is 14.9. The number of aliphatic carboxylic acids is 1. The van der Waals surface area contributed by atoms with E-state index in [2.05, 4.69) is 6.92 Å². The lowest BCUT2D eigenvalue weighted by Crippen LogP contribution is -2.10. The number of ketones is 1. The van der Waals surface area contributed by atoms with Crippen molar-refractivity contribution in [3.05, 3.63) is 23.8 Å². The number of allylic oxidation sites excluding steroid dienone is 3. The van der Waals surface area contributed by atoms with E-state index in [1.165, 1.54) is 0 Å². The van der Waals surface area contributed by atoms with Gasteiger partial charge in [0.15, 0.2) is 0 Å². The standard InChI is InChI=1S/C20H32O4/c1-2-3-6-9-17(21)14-12-16-13-15-19(22)18(16)10-7-4-5-8-11-20(23)24/h12-14,17-18,21H,2-11,15H2,1H3,(H,23,24)/b14-12+. The van der Waals surface area contributed by atoms with Crippen molar-refractivity contribution in [3.63, 3.8) is 0 Å². The number of carboxylic acid groups (broad SMARTS) is 1. The Labute approximate surface area is 145 Å². The Morgan fingerprint density at radius 2 is 2.00 bits per heavy atom. The molecule has 0 aromatic heterocycles. The Morgan fingerprint density at radius 1 is 1.25 bits per heavy atom. The number of carbonyl (C=O) groups excluding carboxylic acids is 1. The summed E-state index contributed by atoms with van der Waals surface area (Å²) in [5.41, 5.74) is 1.04. The molecule has 0 radical (unpaired) electrons. The van der Waals surface area contributed by atoms with Crippen LogP contribution in [0, 0.1) is 5.92 Å². The molecule has 1 aliphatic rings. The van der Waals surface area contributed by atoms with E-state index in [0.717, 1.165) is 56.9 Å². The van der Waals surface area contributed by atoms with Crippen molar-refractivity contribution in [2.24, 2.45) is 5.92 Å². The zero-order chi connectivity index (χ0) is 17.8. The summed E-state index contributed by atoms with van der Waals surface area (Å²) in [6.45, 7) is 2.14. The minimum Gasteiger partial charge on any atom is -0.481 e. The molecule has 1 rings (SSSR count). The number of aliphatic hydroxyl groups excluding tert-OH is 1. The SMILES string of the molecule is CCCCCC(O)/C=C/C1=CCC(=O)C1CCCCCCC(=O)O. The van der Waals surface area contributed by atoms with Crippen LogP contribution in [-0.4, -0.2) is 28.1 Å². The molecule has 0 bridgehead atoms. The number of rotatable bonds is 13. The van der Waals surface area contributed by atoms with E-state index in [0.29, 0.717) is 12.8 Å². The van der Waals surface area contributed by atoms with E-state index < -0.39 is 12.1 Å². The average molecular weight is 336 g/mol. The first-order valence-electron chi connectivity index (χ1n) is 9.35. The molecule has 0 spiro atoms. The summed E-state index contributed by atoms with van der Waals surface area (Å²) < 4.78 is 0. The van der Waals surface area contributed by atoms with Crippen molar-refractivity contribution in [3.8, 4) is 0 Å². The first kappa shape index (κ1) is 20.6. The second-order valence-electron chi connectivity index (χ2n) is 6.70. The number of Topliss-reactive ketones (excluding diaryl/α,β-unsaturated/α-hetero) is 1. The number of hydrogen-bond donors (Lipinski definition) is 2. The number of unbranched alkanes of at least 4 members (excludes halogenated alkanes) is 5. The van der Waals surface area contributed by atoms with Crippen LogP contribution in [0.25, 0.3) is 0 Å². The molecule has 1 aliphatic carbocycles. The fraction of sp³-hybridized carbons (Fsp3) is 0.700. The van der Waals surface area contributed by atoms with E-state index in [1.807, 2.05) is 18.2 Å². The monoisotopic (exact) mass is 336 g/mol. The quantitative estimate of drug-likeness (QED) is 0.488. The Morgan fingerprint density at radius 3 is 2.71 bits per heavy atom. The third kappa shape index (κ3) is 8.44. The van der Waals surface area contributed by atoms with Crippen molar-refractivity contribution >= 4 is 11.8 Å². The van der Waals surface area contributed by atoms with Crippen molar-refractivity contribution in [1.82, 2.24) is 0 Å². The lowest BCUT2D eigenvalue weighted by molar-refractivity contribution is -0.137. The molecule has 0 heterocycles. The first-order chi connectivity index (χ1) is 11.5. The molecule has 0 fully saturated rings. The molecule has 2 atom stereocenters. The van der Waals surface area contributed by atoms with Crippen LogP contribution < -0.4 is 0 Å². The second-order valence-corrected chi connectivity index (χ2v) is 6.70. The van der Waals surface area contributed by atoms with Gasteiger partial charge in [-0.1, -0.05) is 63.7 Å². The summed E-state index contributed by atoms with van der Waals surface area (Å²) in [5, 5.41) is 18.6. The van der Waals surface area contributed by atoms with Crippen LogP contribution in [0.15, 0.2) is 23.8 Å². The molecule has 2 unspecified atom stereocenters. The van der Waals surface area contributed by atoms with Gasteiger partial charge in [-0.15, -0.1) is 0 Å². The molecule has 0 saturated heterocycles. The molecule has 136 valence electrons. The van der Waals surface area contributed by atoms with Crippen LogP contribution in [0.1, 0.15) is 77.6 Å². The minimum atomic E-state index is -0.742. The zero-order valence-corrected chi connectivity index (χ0v) is 14.9. The molecule has 4 heteroatoms. The van der Waals surface area contributed by atoms with Crippen LogP contribution in [0.2, 0.25) is 0 Å². The molecule has 24 heavy (non-hydrogen) atoms. The Balaban J connectivity index is 2.31. The van der Waals surface area contributed by atoms with Gasteiger partial charge in [0.05, 0.1) is 6.10 Å². The molecule has 4 nitrogen and oxygen atoms in total. The van der Waals surface area contributed by atoms with Crippen molar-refractivity contribution in [2.45, 2.75) is 83.7 Å². The van der Waals surface area contributed by atoms with Crippen LogP contribution in [-0.2, 0) is 9.59 Å². The van der Waals surface area contributed by atoms with E-state index in [-0.39, 0.29) is 18.1 Å². The van der Waals surface area contributed by atoms with Gasteiger partial charge in [-0.3, -0.25) is 9.59 Å². The fourth-order valence-corrected chi connectivity index (χ4v) is 3.10. The van der Waals surface area contributed by atoms with Crippen molar-refractivity contribution in [2.75, 3.05) is 0 Å². The fourth-order valence-electron chi connectivity index (χ4n) is 3.10. The van der Waals surface area contributed by atoms with Gasteiger partial charge in [0, 0.05) is 18.8 Å². The summed E-state index contributed by atoms with van der Waals surface area (Å²) in [6.07, 6.45) is 14.5. The van der Waals surface area contributed by atoms with Gasteiger partial charge in [-0.05, 0) is 24.8 Å². The van der Waals surface area contributed by atoms with Gasteiger partial charge in [0.1, 0.15) is 5.78 Å². The molecule has 0 aromatic carbocycles. The molecule has 2 N–H and O–H groups in total. The highest BCUT2D eigenvalue weighted by Gasteiger charge is 2.25. The smallest absolute Gasteiger partial charge is 0.303 e. The second kappa shape index (κ2) is 12.0. The predicted molar refractivity (Wildman–Crippen MR) is 95.8 cm³/mol. The Hall–Kier alpha value is -1.42. The van der Waals surface area contributed by atoms with Gasteiger partial charge in [0.25, 0.3) is 0 Å². The topological polar surface area (TPSA) is 74.6 Å². The Kier molecular flexibility index (Phi) is 10.3. The summed E-state index contributed by atoms with van der Waals surface area (Å²) >= 11 is 0. The highest BCUT2D eigenvalue weighted by molar-refractivity contribution is 5.89. The highest BCUT2D eigenvalue weighted by atomic mass is 16.4. The summed E-state index contributed by atoms with van der Waals surface area (Å²) in [6, 6.07) is 0. The van der Waals surface area contributed by atoms with Crippen molar-refractivity contribution < 1.29 is 19.8 Å². The molecule has 0 aromatic rings. The summed E-state index contributed by atoms with van der Waals surface area (Å²) in [7, 11) is 0. The lowest BCUT2D eigenvalue weighted by atomic mass is 9.92. The van der Waals surface area contributed by atoms with E-state index in [9.17, 15) is 14.7 Å². The maximum absolute atomic E-state index is 12.0. The largest absolute Gasteiger partial charge is 0.481 e. The van der Waals surface area contributed by atoms with Crippen LogP contribution in [0.4, 0.5) is 0 Å². The summed E-state index contributed by atoms with van der Waals surface area (Å²) in [4.78, 5) is 22.5. The first-order valence-corrected chi connectivity index (χ1v) is 9.35. The number of hydrogen-bond acceptors (Lipinski definition) is 3. The maximum atomic E-state index is 12.0. The third-order valence-corrected chi connectivity index (χ3v) is 4.58. The molecule has 0 saturated carbocycles. The minimum absolute atomic E-state index is 0.0384. The molecular formula is C20H32O4. The Bertz CT molecular complexity index is 451. The van der Waals surface area contributed by atoms with Gasteiger partial charge in [0.2, 0.25) is 0 Å². The predicted octanol–water partition coefficient (Wildman–Crippen LogP) is 4.42. The maximum Gasteiger partial charge on any atom is 0.303 e. The molecular weight excluding hydrogens is 304 g/mol. The number of aliphatic hydroxyl groups is 1. The van der Waals surface area contributed by atoms with Crippen LogP contribution in [0.5, 0.6) is 0 Å². The number of carboxylic acids is 1. The van der Waals surface area contributed by atoms with Gasteiger partial charge in [-0.25, -0.2) is 0 Å². The number of carbonyl (C=O) groups is 2. The van der Waals surface area contributed by atoms with Crippen LogP contribution >= 0.6 is 0 Å². The van der Waals surface area contributed by atoms with Crippen molar-refractivity contribution in [1.29, 1.82) is 0 Å². The van der Waals surface area contributed by atoms with Gasteiger partial charge in [-0.2, -0.15) is 0 Å². The summed E-state index contributed by atoms with van der Waals surface area (Å²) in [5.74, 6) is -0.516. The molecule has 0 aliphatic heterocycles. The van der Waals surface area contributed by atoms with E-state index in [1.54, 1.807) is 0 Å². The lowest BCUT2D eigenvalue weighted by Gasteiger charge is -2.12. The van der Waals surface area contributed by atoms with E-state index in [4.69, 9.17) is 5.11 Å². The molecule has 0 amide bonds. The van der Waals surface area contributed by atoms with Gasteiger partial charge >= 0.3 is 5.97 Å². The van der Waals surface area contributed by atoms with Crippen LogP contribution in [0.3, 0.4) is 0 Å². The average Bonchev–Trinajstić information content (AvgIpc) is 2.89. The van der Waals surface area contributed by atoms with E-state index >= 15 is 0 Å². The third-order valence-electron chi connectivity index (χ3n) is 4.58. The highest BCUT2D eigenvalue weighted by Crippen LogP contribution is 2.29.